The highest BCUT2D eigenvalue weighted by atomic mass is 16.5. The minimum absolute atomic E-state index is 0.151. The molecule has 0 saturated heterocycles. The van der Waals surface area contributed by atoms with Gasteiger partial charge >= 0.3 is 11.9 Å². The average Bonchev–Trinajstić information content (AvgIpc) is 3.11. The van der Waals surface area contributed by atoms with Crippen molar-refractivity contribution in [2.24, 2.45) is 23.2 Å². The van der Waals surface area contributed by atoms with Crippen molar-refractivity contribution < 1.29 is 19.1 Å². The minimum Gasteiger partial charge on any atom is -0.468 e. The smallest absolute Gasteiger partial charge is 0.324 e. The molecule has 2 aliphatic rings. The average molecular weight is 276 g/mol. The van der Waals surface area contributed by atoms with Crippen LogP contribution in [0.5, 0.6) is 0 Å². The number of hydrogen-bond donors (Lipinski definition) is 0. The Bertz CT molecular complexity index is 459. The third-order valence-corrected chi connectivity index (χ3v) is 4.30. The van der Waals surface area contributed by atoms with Gasteiger partial charge < -0.3 is 9.47 Å². The van der Waals surface area contributed by atoms with Crippen LogP contribution in [0, 0.1) is 23.2 Å². The van der Waals surface area contributed by atoms with Gasteiger partial charge in [0.25, 0.3) is 0 Å². The van der Waals surface area contributed by atoms with E-state index in [4.69, 9.17) is 9.47 Å². The summed E-state index contributed by atoms with van der Waals surface area (Å²) in [7, 11) is 2.62. The van der Waals surface area contributed by atoms with Crippen molar-refractivity contribution in [3.8, 4) is 0 Å². The fraction of sp³-hybridized carbons (Fsp3) is 0.500. The molecule has 0 amide bonds. The zero-order valence-electron chi connectivity index (χ0n) is 11.9. The van der Waals surface area contributed by atoms with Crippen LogP contribution in [0.25, 0.3) is 0 Å². The van der Waals surface area contributed by atoms with Crippen LogP contribution in [0.3, 0.4) is 0 Å². The summed E-state index contributed by atoms with van der Waals surface area (Å²) in [4.78, 5) is 24.4. The predicted molar refractivity (Wildman–Crippen MR) is 74.6 cm³/mol. The lowest BCUT2D eigenvalue weighted by atomic mass is 9.74. The zero-order chi connectivity index (χ0) is 14.8. The predicted octanol–water partition coefficient (Wildman–Crippen LogP) is 2.27. The summed E-state index contributed by atoms with van der Waals surface area (Å²) in [5, 5.41) is 0. The van der Waals surface area contributed by atoms with Gasteiger partial charge in [-0.3, -0.25) is 9.59 Å². The van der Waals surface area contributed by atoms with Crippen LogP contribution < -0.4 is 0 Å². The SMILES string of the molecule is C=C/C=C/[C@H]1C[C@H]1[C@@H]1C=CCC1(C(=O)OC)C(=O)OC. The molecule has 0 heterocycles. The first-order valence-corrected chi connectivity index (χ1v) is 6.74. The molecule has 108 valence electrons. The van der Waals surface area contributed by atoms with Crippen molar-refractivity contribution >= 4 is 11.9 Å². The van der Waals surface area contributed by atoms with Crippen molar-refractivity contribution in [1.29, 1.82) is 0 Å². The molecule has 0 bridgehead atoms. The molecule has 3 atom stereocenters. The quantitative estimate of drug-likeness (QED) is 0.334. The molecule has 4 heteroatoms. The van der Waals surface area contributed by atoms with Gasteiger partial charge in [0.1, 0.15) is 0 Å². The van der Waals surface area contributed by atoms with Crippen LogP contribution in [0.4, 0.5) is 0 Å². The molecular weight excluding hydrogens is 256 g/mol. The van der Waals surface area contributed by atoms with Crippen molar-refractivity contribution in [2.75, 3.05) is 14.2 Å². The molecule has 0 aromatic heterocycles. The molecule has 0 unspecified atom stereocenters. The Morgan fingerprint density at radius 2 is 1.95 bits per heavy atom. The van der Waals surface area contributed by atoms with Crippen LogP contribution in [-0.4, -0.2) is 26.2 Å². The molecule has 2 aliphatic carbocycles. The lowest BCUT2D eigenvalue weighted by Gasteiger charge is -2.30. The maximum atomic E-state index is 12.2. The van der Waals surface area contributed by atoms with E-state index in [-0.39, 0.29) is 11.8 Å². The minimum atomic E-state index is -1.20. The molecular formula is C16H20O4. The van der Waals surface area contributed by atoms with E-state index in [1.165, 1.54) is 14.2 Å². The normalized spacial score (nSPS) is 30.2. The van der Waals surface area contributed by atoms with Crippen molar-refractivity contribution in [3.05, 3.63) is 37.0 Å². The van der Waals surface area contributed by atoms with E-state index in [1.54, 1.807) is 6.08 Å². The Hall–Kier alpha value is -1.84. The Morgan fingerprint density at radius 1 is 1.30 bits per heavy atom. The number of esters is 2. The number of rotatable bonds is 5. The number of allylic oxidation sites excluding steroid dienone is 5. The van der Waals surface area contributed by atoms with Crippen LogP contribution in [0.1, 0.15) is 12.8 Å². The van der Waals surface area contributed by atoms with Gasteiger partial charge in [0.2, 0.25) is 0 Å². The molecule has 0 aromatic rings. The van der Waals surface area contributed by atoms with E-state index in [9.17, 15) is 9.59 Å². The highest BCUT2D eigenvalue weighted by Gasteiger charge is 2.61. The van der Waals surface area contributed by atoms with Gasteiger partial charge in [-0.15, -0.1) is 0 Å². The second-order valence-electron chi connectivity index (χ2n) is 5.30. The van der Waals surface area contributed by atoms with Gasteiger partial charge in [-0.05, 0) is 24.7 Å². The maximum absolute atomic E-state index is 12.2. The van der Waals surface area contributed by atoms with Crippen LogP contribution in [0.2, 0.25) is 0 Å². The first-order valence-electron chi connectivity index (χ1n) is 6.74. The van der Waals surface area contributed by atoms with Crippen LogP contribution in [-0.2, 0) is 19.1 Å². The Morgan fingerprint density at radius 3 is 2.50 bits per heavy atom. The van der Waals surface area contributed by atoms with Gasteiger partial charge in [0.15, 0.2) is 5.41 Å². The lowest BCUT2D eigenvalue weighted by molar-refractivity contribution is -0.172. The van der Waals surface area contributed by atoms with E-state index in [1.807, 2.05) is 18.2 Å². The fourth-order valence-electron chi connectivity index (χ4n) is 3.19. The first-order chi connectivity index (χ1) is 9.61. The van der Waals surface area contributed by atoms with Crippen LogP contribution >= 0.6 is 0 Å². The number of hydrogen-bond acceptors (Lipinski definition) is 4. The highest BCUT2D eigenvalue weighted by molar-refractivity contribution is 6.01. The molecule has 0 aromatic carbocycles. The monoisotopic (exact) mass is 276 g/mol. The molecule has 20 heavy (non-hydrogen) atoms. The summed E-state index contributed by atoms with van der Waals surface area (Å²) in [5.74, 6) is -0.491. The van der Waals surface area contributed by atoms with E-state index >= 15 is 0 Å². The largest absolute Gasteiger partial charge is 0.468 e. The Labute approximate surface area is 119 Å². The van der Waals surface area contributed by atoms with Crippen molar-refractivity contribution in [1.82, 2.24) is 0 Å². The number of carbonyl (C=O) groups is 2. The zero-order valence-corrected chi connectivity index (χ0v) is 11.9. The number of carbonyl (C=O) groups excluding carboxylic acids is 2. The molecule has 0 N–H and O–H groups in total. The molecule has 0 spiro atoms. The summed E-state index contributed by atoms with van der Waals surface area (Å²) < 4.78 is 9.74. The van der Waals surface area contributed by atoms with Gasteiger partial charge in [-0.1, -0.05) is 37.0 Å². The first kappa shape index (κ1) is 14.6. The standard InChI is InChI=1S/C16H20O4/c1-4-5-7-11-10-12(11)13-8-6-9-16(13,14(17)19-2)15(18)20-3/h4-8,11-13H,1,9-10H2,2-3H3/b7-5+/t11-,12+,13-/m0/s1. The molecule has 2 rings (SSSR count). The van der Waals surface area contributed by atoms with Crippen LogP contribution in [0.15, 0.2) is 37.0 Å². The summed E-state index contributed by atoms with van der Waals surface area (Å²) in [5.41, 5.74) is -1.20. The summed E-state index contributed by atoms with van der Waals surface area (Å²) >= 11 is 0. The van der Waals surface area contributed by atoms with Gasteiger partial charge in [0, 0.05) is 5.92 Å². The van der Waals surface area contributed by atoms with Crippen molar-refractivity contribution in [2.45, 2.75) is 12.8 Å². The second kappa shape index (κ2) is 5.65. The van der Waals surface area contributed by atoms with Gasteiger partial charge in [0.05, 0.1) is 14.2 Å². The molecule has 1 saturated carbocycles. The van der Waals surface area contributed by atoms with Crippen molar-refractivity contribution in [3.63, 3.8) is 0 Å². The topological polar surface area (TPSA) is 52.6 Å². The third-order valence-electron chi connectivity index (χ3n) is 4.30. The summed E-state index contributed by atoms with van der Waals surface area (Å²) in [6.45, 7) is 3.65. The van der Waals surface area contributed by atoms with E-state index < -0.39 is 17.4 Å². The molecule has 0 radical (unpaired) electrons. The molecule has 0 aliphatic heterocycles. The Kier molecular flexibility index (Phi) is 4.12. The fourth-order valence-corrected chi connectivity index (χ4v) is 3.19. The Balaban J connectivity index is 2.24. The third kappa shape index (κ3) is 2.19. The maximum Gasteiger partial charge on any atom is 0.324 e. The van der Waals surface area contributed by atoms with E-state index in [0.29, 0.717) is 12.3 Å². The van der Waals surface area contributed by atoms with E-state index in [0.717, 1.165) is 6.42 Å². The molecule has 4 nitrogen and oxygen atoms in total. The summed E-state index contributed by atoms with van der Waals surface area (Å²) in [6, 6.07) is 0. The summed E-state index contributed by atoms with van der Waals surface area (Å²) in [6.07, 6.45) is 10.9. The molecule has 1 fully saturated rings. The van der Waals surface area contributed by atoms with E-state index in [2.05, 4.69) is 12.7 Å². The second-order valence-corrected chi connectivity index (χ2v) is 5.30. The van der Waals surface area contributed by atoms with Gasteiger partial charge in [-0.2, -0.15) is 0 Å². The lowest BCUT2D eigenvalue weighted by Crippen LogP contribution is -2.45. The highest BCUT2D eigenvalue weighted by Crippen LogP contribution is 2.56. The number of methoxy groups -OCH3 is 2. The number of ether oxygens (including phenoxy) is 2. The van der Waals surface area contributed by atoms with Gasteiger partial charge in [-0.25, -0.2) is 0 Å².